The van der Waals surface area contributed by atoms with E-state index in [4.69, 9.17) is 10.8 Å². The highest BCUT2D eigenvalue weighted by Crippen LogP contribution is 2.23. The molecule has 4 nitrogen and oxygen atoms in total. The summed E-state index contributed by atoms with van der Waals surface area (Å²) in [6, 6.07) is 5.65. The Morgan fingerprint density at radius 2 is 2.12 bits per heavy atom. The first-order valence-electron chi connectivity index (χ1n) is 5.75. The van der Waals surface area contributed by atoms with Crippen LogP contribution >= 0.6 is 0 Å². The van der Waals surface area contributed by atoms with Gasteiger partial charge < -0.3 is 15.7 Å². The van der Waals surface area contributed by atoms with Gasteiger partial charge in [-0.15, -0.1) is 0 Å². The van der Waals surface area contributed by atoms with Crippen LogP contribution in [0.4, 0.5) is 11.4 Å². The minimum absolute atomic E-state index is 0.0349. The molecule has 0 spiro atoms. The van der Waals surface area contributed by atoms with Gasteiger partial charge in [0.15, 0.2) is 5.78 Å². The number of benzene rings is 1. The number of rotatable bonds is 5. The Hall–Kier alpha value is -1.55. The van der Waals surface area contributed by atoms with Gasteiger partial charge in [-0.2, -0.15) is 0 Å². The Labute approximate surface area is 102 Å². The van der Waals surface area contributed by atoms with Crippen molar-refractivity contribution in [3.8, 4) is 0 Å². The summed E-state index contributed by atoms with van der Waals surface area (Å²) in [4.78, 5) is 13.3. The molecule has 0 saturated heterocycles. The molecule has 0 heterocycles. The summed E-state index contributed by atoms with van der Waals surface area (Å²) in [5.74, 6) is -0.0349. The van der Waals surface area contributed by atoms with Crippen LogP contribution in [0.5, 0.6) is 0 Å². The molecule has 1 rings (SSSR count). The number of carbonyl (C=O) groups is 1. The number of ketones is 1. The van der Waals surface area contributed by atoms with Crippen molar-refractivity contribution in [3.63, 3.8) is 0 Å². The Bertz CT molecular complexity index is 402. The lowest BCUT2D eigenvalue weighted by Crippen LogP contribution is -2.33. The number of aliphatic hydroxyl groups is 1. The molecule has 1 aromatic carbocycles. The zero-order valence-corrected chi connectivity index (χ0v) is 10.6. The first-order valence-corrected chi connectivity index (χ1v) is 5.75. The highest BCUT2D eigenvalue weighted by molar-refractivity contribution is 5.99. The molecule has 0 saturated carbocycles. The number of nitrogens with zero attached hydrogens (tertiary/aromatic N) is 1. The molecule has 0 radical (unpaired) electrons. The highest BCUT2D eigenvalue weighted by atomic mass is 16.3. The monoisotopic (exact) mass is 236 g/mol. The standard InChI is InChI=1S/C13H20N2O2/c1-9(2)15(6-7-16)11-4-5-12(10(3)17)13(14)8-11/h4-5,8-9,16H,6-7,14H2,1-3H3. The summed E-state index contributed by atoms with van der Waals surface area (Å²) in [5.41, 5.74) is 7.80. The average molecular weight is 236 g/mol. The van der Waals surface area contributed by atoms with Gasteiger partial charge in [-0.25, -0.2) is 0 Å². The number of aliphatic hydroxyl groups excluding tert-OH is 1. The van der Waals surface area contributed by atoms with Crippen LogP contribution in [0.25, 0.3) is 0 Å². The first-order chi connectivity index (χ1) is 7.97. The highest BCUT2D eigenvalue weighted by Gasteiger charge is 2.12. The molecule has 1 aromatic rings. The lowest BCUT2D eigenvalue weighted by Gasteiger charge is -2.28. The van der Waals surface area contributed by atoms with Crippen molar-refractivity contribution in [2.24, 2.45) is 0 Å². The van der Waals surface area contributed by atoms with Gasteiger partial charge >= 0.3 is 0 Å². The minimum Gasteiger partial charge on any atom is -0.398 e. The van der Waals surface area contributed by atoms with E-state index in [0.717, 1.165) is 5.69 Å². The predicted octanol–water partition coefficient (Wildman–Crippen LogP) is 1.68. The van der Waals surface area contributed by atoms with Crippen LogP contribution in [0.3, 0.4) is 0 Å². The Morgan fingerprint density at radius 1 is 1.47 bits per heavy atom. The van der Waals surface area contributed by atoms with Gasteiger partial charge in [0.05, 0.1) is 6.61 Å². The van der Waals surface area contributed by atoms with Crippen molar-refractivity contribution >= 4 is 17.2 Å². The van der Waals surface area contributed by atoms with Crippen LogP contribution in [0, 0.1) is 0 Å². The quantitative estimate of drug-likeness (QED) is 0.603. The zero-order chi connectivity index (χ0) is 13.0. The van der Waals surface area contributed by atoms with E-state index in [1.165, 1.54) is 6.92 Å². The fourth-order valence-corrected chi connectivity index (χ4v) is 1.84. The van der Waals surface area contributed by atoms with E-state index in [0.29, 0.717) is 17.8 Å². The predicted molar refractivity (Wildman–Crippen MR) is 70.4 cm³/mol. The van der Waals surface area contributed by atoms with Gasteiger partial charge in [0, 0.05) is 29.5 Å². The lowest BCUT2D eigenvalue weighted by atomic mass is 10.1. The van der Waals surface area contributed by atoms with Crippen LogP contribution in [-0.2, 0) is 0 Å². The first kappa shape index (κ1) is 13.5. The smallest absolute Gasteiger partial charge is 0.161 e. The molecule has 0 aliphatic carbocycles. The summed E-state index contributed by atoms with van der Waals surface area (Å²) in [6.45, 7) is 6.23. The van der Waals surface area contributed by atoms with Crippen molar-refractivity contribution < 1.29 is 9.90 Å². The van der Waals surface area contributed by atoms with Crippen LogP contribution < -0.4 is 10.6 Å². The summed E-state index contributed by atoms with van der Waals surface area (Å²) in [6.07, 6.45) is 0. The van der Waals surface area contributed by atoms with Gasteiger partial charge in [0.1, 0.15) is 0 Å². The Balaban J connectivity index is 3.06. The number of nitrogens with two attached hydrogens (primary N) is 1. The van der Waals surface area contributed by atoms with Gasteiger partial charge in [0.2, 0.25) is 0 Å². The molecular formula is C13H20N2O2. The zero-order valence-electron chi connectivity index (χ0n) is 10.6. The third-order valence-corrected chi connectivity index (χ3v) is 2.71. The molecule has 0 unspecified atom stereocenters. The Kier molecular flexibility index (Phi) is 4.52. The van der Waals surface area contributed by atoms with Crippen molar-refractivity contribution in [1.82, 2.24) is 0 Å². The second-order valence-electron chi connectivity index (χ2n) is 4.34. The maximum absolute atomic E-state index is 11.3. The maximum atomic E-state index is 11.3. The summed E-state index contributed by atoms with van der Waals surface area (Å²) < 4.78 is 0. The molecule has 0 amide bonds. The molecule has 0 atom stereocenters. The Morgan fingerprint density at radius 3 is 2.53 bits per heavy atom. The van der Waals surface area contributed by atoms with Crippen LogP contribution in [0.15, 0.2) is 18.2 Å². The number of carbonyl (C=O) groups excluding carboxylic acids is 1. The molecule has 17 heavy (non-hydrogen) atoms. The largest absolute Gasteiger partial charge is 0.398 e. The fourth-order valence-electron chi connectivity index (χ4n) is 1.84. The van der Waals surface area contributed by atoms with Crippen molar-refractivity contribution in [2.75, 3.05) is 23.8 Å². The normalized spacial score (nSPS) is 10.6. The van der Waals surface area contributed by atoms with Crippen molar-refractivity contribution in [1.29, 1.82) is 0 Å². The molecule has 94 valence electrons. The molecule has 0 aromatic heterocycles. The minimum atomic E-state index is -0.0349. The number of hydrogen-bond acceptors (Lipinski definition) is 4. The van der Waals surface area contributed by atoms with Crippen LogP contribution in [0.1, 0.15) is 31.1 Å². The summed E-state index contributed by atoms with van der Waals surface area (Å²) >= 11 is 0. The van der Waals surface area contributed by atoms with Crippen molar-refractivity contribution in [2.45, 2.75) is 26.8 Å². The van der Waals surface area contributed by atoms with Gasteiger partial charge in [-0.3, -0.25) is 4.79 Å². The average Bonchev–Trinajstić information content (AvgIpc) is 2.24. The second kappa shape index (κ2) is 5.68. The van der Waals surface area contributed by atoms with E-state index < -0.39 is 0 Å². The lowest BCUT2D eigenvalue weighted by molar-refractivity contribution is 0.101. The maximum Gasteiger partial charge on any atom is 0.161 e. The van der Waals surface area contributed by atoms with Gasteiger partial charge in [-0.1, -0.05) is 0 Å². The van der Waals surface area contributed by atoms with E-state index in [2.05, 4.69) is 0 Å². The molecule has 0 bridgehead atoms. The van der Waals surface area contributed by atoms with E-state index in [-0.39, 0.29) is 18.4 Å². The topological polar surface area (TPSA) is 66.6 Å². The number of nitrogen functional groups attached to an aromatic ring is 1. The number of hydrogen-bond donors (Lipinski definition) is 2. The number of Topliss-reactive ketones (excluding diaryl/α,β-unsaturated/α-hetero) is 1. The second-order valence-corrected chi connectivity index (χ2v) is 4.34. The molecule has 4 heteroatoms. The van der Waals surface area contributed by atoms with Gasteiger partial charge in [0.25, 0.3) is 0 Å². The molecule has 3 N–H and O–H groups in total. The van der Waals surface area contributed by atoms with Crippen LogP contribution in [-0.4, -0.2) is 30.1 Å². The molecular weight excluding hydrogens is 216 g/mol. The van der Waals surface area contributed by atoms with E-state index in [1.807, 2.05) is 24.8 Å². The molecule has 0 aliphatic rings. The van der Waals surface area contributed by atoms with E-state index >= 15 is 0 Å². The summed E-state index contributed by atoms with van der Waals surface area (Å²) in [5, 5.41) is 9.03. The summed E-state index contributed by atoms with van der Waals surface area (Å²) in [7, 11) is 0. The van der Waals surface area contributed by atoms with E-state index in [1.54, 1.807) is 12.1 Å². The third kappa shape index (κ3) is 3.20. The number of anilines is 2. The molecule has 0 fully saturated rings. The van der Waals surface area contributed by atoms with E-state index in [9.17, 15) is 4.79 Å². The van der Waals surface area contributed by atoms with Crippen molar-refractivity contribution in [3.05, 3.63) is 23.8 Å². The third-order valence-electron chi connectivity index (χ3n) is 2.71. The van der Waals surface area contributed by atoms with Crippen LogP contribution in [0.2, 0.25) is 0 Å². The SMILES string of the molecule is CC(=O)c1ccc(N(CCO)C(C)C)cc1N. The molecule has 0 aliphatic heterocycles. The fraction of sp³-hybridized carbons (Fsp3) is 0.462. The van der Waals surface area contributed by atoms with Gasteiger partial charge in [-0.05, 0) is 39.0 Å².